The van der Waals surface area contributed by atoms with Gasteiger partial charge in [-0.15, -0.1) is 0 Å². The first-order valence-corrected chi connectivity index (χ1v) is 9.71. The van der Waals surface area contributed by atoms with Crippen molar-refractivity contribution >= 4 is 16.7 Å². The molecule has 142 valence electrons. The standard InChI is InChI=1S/C22H21N3O3/c26-20-15-8-2-1-7-14(15)19(24-25-20)21(27)23-17-13-22(11-5-6-12-22)28-18-10-4-3-9-16(17)18/h1-4,7-10,17H,5-6,11-13H2,(H,23,27)(H,25,26)/t17-/m1/s1. The van der Waals surface area contributed by atoms with Crippen LogP contribution in [0.25, 0.3) is 10.8 Å². The molecule has 1 atom stereocenters. The number of carbonyl (C=O) groups is 1. The molecule has 1 aromatic heterocycles. The second-order valence-corrected chi connectivity index (χ2v) is 7.71. The third-order valence-corrected chi connectivity index (χ3v) is 5.93. The molecular formula is C22H21N3O3. The summed E-state index contributed by atoms with van der Waals surface area (Å²) in [6, 6.07) is 14.8. The van der Waals surface area contributed by atoms with Gasteiger partial charge in [-0.05, 0) is 37.8 Å². The van der Waals surface area contributed by atoms with Crippen LogP contribution in [-0.2, 0) is 0 Å². The SMILES string of the molecule is O=C(N[C@@H]1CC2(CCCC2)Oc2ccccc21)c1n[nH]c(=O)c2ccccc12. The van der Waals surface area contributed by atoms with Gasteiger partial charge < -0.3 is 10.1 Å². The van der Waals surface area contributed by atoms with Crippen molar-refractivity contribution in [3.63, 3.8) is 0 Å². The van der Waals surface area contributed by atoms with Crippen LogP contribution in [0.4, 0.5) is 0 Å². The second kappa shape index (κ2) is 6.48. The molecule has 1 fully saturated rings. The van der Waals surface area contributed by atoms with Gasteiger partial charge in [0.15, 0.2) is 5.69 Å². The zero-order valence-corrected chi connectivity index (χ0v) is 15.4. The molecule has 1 aliphatic heterocycles. The highest BCUT2D eigenvalue weighted by Gasteiger charge is 2.43. The number of nitrogens with one attached hydrogen (secondary N) is 2. The molecule has 1 amide bonds. The third kappa shape index (κ3) is 2.76. The average Bonchev–Trinajstić information content (AvgIpc) is 3.15. The summed E-state index contributed by atoms with van der Waals surface area (Å²) in [5.74, 6) is 0.558. The number of para-hydroxylation sites is 1. The maximum absolute atomic E-state index is 13.1. The van der Waals surface area contributed by atoms with Gasteiger partial charge in [0.2, 0.25) is 0 Å². The Labute approximate surface area is 161 Å². The smallest absolute Gasteiger partial charge is 0.272 e. The van der Waals surface area contributed by atoms with Crippen molar-refractivity contribution in [3.05, 3.63) is 70.1 Å². The molecule has 5 rings (SSSR count). The van der Waals surface area contributed by atoms with Gasteiger partial charge in [0.1, 0.15) is 11.4 Å². The van der Waals surface area contributed by atoms with Crippen molar-refractivity contribution < 1.29 is 9.53 Å². The Hall–Kier alpha value is -3.15. The summed E-state index contributed by atoms with van der Waals surface area (Å²) < 4.78 is 6.37. The van der Waals surface area contributed by atoms with Crippen molar-refractivity contribution in [1.29, 1.82) is 0 Å². The van der Waals surface area contributed by atoms with E-state index in [1.165, 1.54) is 0 Å². The second-order valence-electron chi connectivity index (χ2n) is 7.71. The monoisotopic (exact) mass is 375 g/mol. The van der Waals surface area contributed by atoms with E-state index < -0.39 is 0 Å². The lowest BCUT2D eigenvalue weighted by Gasteiger charge is -2.40. The lowest BCUT2D eigenvalue weighted by Crippen LogP contribution is -2.43. The van der Waals surface area contributed by atoms with E-state index in [4.69, 9.17) is 4.74 Å². The summed E-state index contributed by atoms with van der Waals surface area (Å²) in [6.07, 6.45) is 5.06. The summed E-state index contributed by atoms with van der Waals surface area (Å²) in [5, 5.41) is 10.6. The van der Waals surface area contributed by atoms with Gasteiger partial charge in [-0.3, -0.25) is 9.59 Å². The van der Waals surface area contributed by atoms with Gasteiger partial charge in [0, 0.05) is 17.4 Å². The summed E-state index contributed by atoms with van der Waals surface area (Å²) in [4.78, 5) is 25.1. The zero-order chi connectivity index (χ0) is 19.1. The molecule has 6 heteroatoms. The Balaban J connectivity index is 1.51. The summed E-state index contributed by atoms with van der Waals surface area (Å²) in [6.45, 7) is 0. The molecule has 0 radical (unpaired) electrons. The van der Waals surface area contributed by atoms with Crippen molar-refractivity contribution in [2.75, 3.05) is 0 Å². The number of rotatable bonds is 2. The lowest BCUT2D eigenvalue weighted by atomic mass is 9.86. The topological polar surface area (TPSA) is 84.1 Å². The first kappa shape index (κ1) is 17.0. The molecule has 2 aliphatic rings. The maximum atomic E-state index is 13.1. The number of nitrogens with zero attached hydrogens (tertiary/aromatic N) is 1. The Kier molecular flexibility index (Phi) is 3.93. The highest BCUT2D eigenvalue weighted by Crippen LogP contribution is 2.47. The van der Waals surface area contributed by atoms with Crippen LogP contribution < -0.4 is 15.6 Å². The highest BCUT2D eigenvalue weighted by atomic mass is 16.5. The molecular weight excluding hydrogens is 354 g/mol. The molecule has 2 aromatic carbocycles. The fourth-order valence-corrected chi connectivity index (χ4v) is 4.59. The molecule has 2 N–H and O–H groups in total. The van der Waals surface area contributed by atoms with Gasteiger partial charge >= 0.3 is 0 Å². The van der Waals surface area contributed by atoms with Crippen LogP contribution in [0.15, 0.2) is 53.3 Å². The molecule has 0 saturated heterocycles. The fraction of sp³-hybridized carbons (Fsp3) is 0.318. The van der Waals surface area contributed by atoms with E-state index in [0.717, 1.165) is 43.4 Å². The molecule has 1 spiro atoms. The van der Waals surface area contributed by atoms with Gasteiger partial charge in [0.05, 0.1) is 11.4 Å². The van der Waals surface area contributed by atoms with Crippen LogP contribution in [0.5, 0.6) is 5.75 Å². The van der Waals surface area contributed by atoms with Gasteiger partial charge in [0.25, 0.3) is 11.5 Å². The number of aromatic amines is 1. The summed E-state index contributed by atoms with van der Waals surface area (Å²) >= 11 is 0. The normalized spacial score (nSPS) is 19.9. The van der Waals surface area contributed by atoms with Gasteiger partial charge in [-0.1, -0.05) is 36.4 Å². The molecule has 1 aliphatic carbocycles. The molecule has 2 heterocycles. The first-order chi connectivity index (χ1) is 13.7. The largest absolute Gasteiger partial charge is 0.487 e. The number of aromatic nitrogens is 2. The van der Waals surface area contributed by atoms with Gasteiger partial charge in [-0.2, -0.15) is 5.10 Å². The van der Waals surface area contributed by atoms with Gasteiger partial charge in [-0.25, -0.2) is 5.10 Å². The zero-order valence-electron chi connectivity index (χ0n) is 15.4. The quantitative estimate of drug-likeness (QED) is 0.718. The minimum Gasteiger partial charge on any atom is -0.487 e. The van der Waals surface area contributed by atoms with Crippen molar-refractivity contribution in [1.82, 2.24) is 15.5 Å². The number of amides is 1. The Bertz CT molecular complexity index is 1120. The maximum Gasteiger partial charge on any atom is 0.272 e. The third-order valence-electron chi connectivity index (χ3n) is 5.93. The van der Waals surface area contributed by atoms with E-state index in [9.17, 15) is 9.59 Å². The highest BCUT2D eigenvalue weighted by molar-refractivity contribution is 6.04. The Morgan fingerprint density at radius 2 is 1.79 bits per heavy atom. The molecule has 6 nitrogen and oxygen atoms in total. The van der Waals surface area contributed by atoms with E-state index in [1.54, 1.807) is 24.3 Å². The summed E-state index contributed by atoms with van der Waals surface area (Å²) in [5.41, 5.74) is 0.725. The molecule has 0 bridgehead atoms. The van der Waals surface area contributed by atoms with Crippen LogP contribution in [0.1, 0.15) is 54.2 Å². The molecule has 28 heavy (non-hydrogen) atoms. The minimum atomic E-state index is -0.298. The number of H-pyrrole nitrogens is 1. The van der Waals surface area contributed by atoms with E-state index in [-0.39, 0.29) is 28.8 Å². The van der Waals surface area contributed by atoms with Crippen LogP contribution in [0.2, 0.25) is 0 Å². The Morgan fingerprint density at radius 1 is 1.07 bits per heavy atom. The molecule has 0 unspecified atom stereocenters. The predicted molar refractivity (Wildman–Crippen MR) is 105 cm³/mol. The van der Waals surface area contributed by atoms with Crippen LogP contribution in [0.3, 0.4) is 0 Å². The van der Waals surface area contributed by atoms with Crippen molar-refractivity contribution in [3.8, 4) is 5.75 Å². The molecule has 1 saturated carbocycles. The molecule has 3 aromatic rings. The van der Waals surface area contributed by atoms with Crippen LogP contribution in [0, 0.1) is 0 Å². The summed E-state index contributed by atoms with van der Waals surface area (Å²) in [7, 11) is 0. The Morgan fingerprint density at radius 3 is 2.61 bits per heavy atom. The van der Waals surface area contributed by atoms with Crippen LogP contribution in [-0.4, -0.2) is 21.7 Å². The van der Waals surface area contributed by atoms with E-state index in [2.05, 4.69) is 15.5 Å². The van der Waals surface area contributed by atoms with Crippen LogP contribution >= 0.6 is 0 Å². The van der Waals surface area contributed by atoms with E-state index >= 15 is 0 Å². The van der Waals surface area contributed by atoms with E-state index in [1.807, 2.05) is 24.3 Å². The average molecular weight is 375 g/mol. The first-order valence-electron chi connectivity index (χ1n) is 9.71. The number of carbonyl (C=O) groups excluding carboxylic acids is 1. The number of ether oxygens (including phenoxy) is 1. The minimum absolute atomic E-state index is 0.150. The number of benzene rings is 2. The number of fused-ring (bicyclic) bond motifs is 2. The number of hydrogen-bond acceptors (Lipinski definition) is 4. The fourth-order valence-electron chi connectivity index (χ4n) is 4.59. The number of hydrogen-bond donors (Lipinski definition) is 2. The lowest BCUT2D eigenvalue weighted by molar-refractivity contribution is 0.0360. The predicted octanol–water partition coefficient (Wildman–Crippen LogP) is 3.49. The van der Waals surface area contributed by atoms with E-state index in [0.29, 0.717) is 10.8 Å². The van der Waals surface area contributed by atoms with Crippen molar-refractivity contribution in [2.45, 2.75) is 43.7 Å². The van der Waals surface area contributed by atoms with Crippen molar-refractivity contribution in [2.24, 2.45) is 0 Å².